The van der Waals surface area contributed by atoms with Gasteiger partial charge in [0.15, 0.2) is 6.54 Å². The maximum atomic E-state index is 12.5. The van der Waals surface area contributed by atoms with E-state index in [1.807, 2.05) is 56.0 Å². The van der Waals surface area contributed by atoms with E-state index in [0.717, 1.165) is 39.7 Å². The van der Waals surface area contributed by atoms with Crippen LogP contribution in [0.3, 0.4) is 0 Å². The molecule has 0 saturated carbocycles. The van der Waals surface area contributed by atoms with E-state index >= 15 is 0 Å². The third-order valence-electron chi connectivity index (χ3n) is 4.87. The molecule has 1 fully saturated rings. The SMILES string of the molecule is Cc1ccc(C(=O)N2CC[NH+](CC(=O)Nc3c(C)cccc3C)CC2)s1. The van der Waals surface area contributed by atoms with Gasteiger partial charge in [0.1, 0.15) is 0 Å². The molecule has 26 heavy (non-hydrogen) atoms. The molecule has 138 valence electrons. The highest BCUT2D eigenvalue weighted by molar-refractivity contribution is 7.13. The van der Waals surface area contributed by atoms with Crippen molar-refractivity contribution >= 4 is 28.8 Å². The second-order valence-corrected chi connectivity index (χ2v) is 8.23. The van der Waals surface area contributed by atoms with Crippen LogP contribution in [0.5, 0.6) is 0 Å². The lowest BCUT2D eigenvalue weighted by atomic mass is 10.1. The van der Waals surface area contributed by atoms with Crippen LogP contribution in [-0.2, 0) is 4.79 Å². The number of aryl methyl sites for hydroxylation is 3. The lowest BCUT2D eigenvalue weighted by molar-refractivity contribution is -0.895. The summed E-state index contributed by atoms with van der Waals surface area (Å²) in [4.78, 5) is 30.0. The number of piperazine rings is 1. The minimum absolute atomic E-state index is 0.0334. The molecule has 2 heterocycles. The number of benzene rings is 1. The van der Waals surface area contributed by atoms with Gasteiger partial charge in [-0.2, -0.15) is 0 Å². The summed E-state index contributed by atoms with van der Waals surface area (Å²) in [6.45, 7) is 9.46. The minimum Gasteiger partial charge on any atom is -0.327 e. The second kappa shape index (κ2) is 8.01. The molecule has 2 amide bonds. The van der Waals surface area contributed by atoms with Gasteiger partial charge in [-0.1, -0.05) is 18.2 Å². The van der Waals surface area contributed by atoms with Crippen LogP contribution in [0.4, 0.5) is 5.69 Å². The topological polar surface area (TPSA) is 53.9 Å². The number of amides is 2. The van der Waals surface area contributed by atoms with Gasteiger partial charge < -0.3 is 15.1 Å². The summed E-state index contributed by atoms with van der Waals surface area (Å²) in [6.07, 6.45) is 0. The predicted octanol–water partition coefficient (Wildman–Crippen LogP) is 1.65. The standard InChI is InChI=1S/C20H25N3O2S/c1-14-5-4-6-15(2)19(14)21-18(24)13-22-9-11-23(12-10-22)20(25)17-8-7-16(3)26-17/h4-8H,9-13H2,1-3H3,(H,21,24)/p+1. The van der Waals surface area contributed by atoms with Crippen LogP contribution in [0, 0.1) is 20.8 Å². The summed E-state index contributed by atoms with van der Waals surface area (Å²) in [5.74, 6) is 0.146. The first-order chi connectivity index (χ1) is 12.4. The van der Waals surface area contributed by atoms with Crippen molar-refractivity contribution in [1.29, 1.82) is 0 Å². The van der Waals surface area contributed by atoms with Gasteiger partial charge in [0.2, 0.25) is 0 Å². The van der Waals surface area contributed by atoms with Crippen LogP contribution in [0.25, 0.3) is 0 Å². The number of thiophene rings is 1. The zero-order valence-electron chi connectivity index (χ0n) is 15.6. The first kappa shape index (κ1) is 18.6. The molecule has 0 atom stereocenters. The van der Waals surface area contributed by atoms with Crippen LogP contribution >= 0.6 is 11.3 Å². The number of rotatable bonds is 4. The quantitative estimate of drug-likeness (QED) is 0.858. The Labute approximate surface area is 158 Å². The molecule has 2 aromatic rings. The number of quaternary nitrogens is 1. The smallest absolute Gasteiger partial charge is 0.279 e. The third-order valence-corrected chi connectivity index (χ3v) is 5.85. The van der Waals surface area contributed by atoms with Crippen molar-refractivity contribution in [3.8, 4) is 0 Å². The van der Waals surface area contributed by atoms with Gasteiger partial charge in [0.25, 0.3) is 11.8 Å². The highest BCUT2D eigenvalue weighted by Crippen LogP contribution is 2.19. The molecule has 2 N–H and O–H groups in total. The lowest BCUT2D eigenvalue weighted by Gasteiger charge is -2.31. The molecule has 0 radical (unpaired) electrons. The molecule has 1 aromatic carbocycles. The Morgan fingerprint density at radius 2 is 1.73 bits per heavy atom. The number of hydrogen-bond acceptors (Lipinski definition) is 3. The monoisotopic (exact) mass is 372 g/mol. The molecule has 1 aliphatic rings. The average molecular weight is 373 g/mol. The van der Waals surface area contributed by atoms with E-state index in [1.54, 1.807) is 11.3 Å². The second-order valence-electron chi connectivity index (χ2n) is 6.94. The Morgan fingerprint density at radius 3 is 2.31 bits per heavy atom. The Kier molecular flexibility index (Phi) is 5.74. The number of anilines is 1. The zero-order valence-corrected chi connectivity index (χ0v) is 16.4. The van der Waals surface area contributed by atoms with Gasteiger partial charge in [-0.05, 0) is 44.0 Å². The molecule has 1 saturated heterocycles. The summed E-state index contributed by atoms with van der Waals surface area (Å²) in [5.41, 5.74) is 3.07. The van der Waals surface area contributed by atoms with E-state index < -0.39 is 0 Å². The molecule has 1 aromatic heterocycles. The molecule has 0 spiro atoms. The fourth-order valence-electron chi connectivity index (χ4n) is 3.33. The van der Waals surface area contributed by atoms with Gasteiger partial charge in [-0.25, -0.2) is 0 Å². The van der Waals surface area contributed by atoms with Crippen LogP contribution < -0.4 is 10.2 Å². The fraction of sp³-hybridized carbons (Fsp3) is 0.400. The summed E-state index contributed by atoms with van der Waals surface area (Å²) in [6, 6.07) is 9.89. The van der Waals surface area contributed by atoms with Gasteiger partial charge in [0, 0.05) is 10.6 Å². The predicted molar refractivity (Wildman–Crippen MR) is 105 cm³/mol. The Morgan fingerprint density at radius 1 is 1.08 bits per heavy atom. The van der Waals surface area contributed by atoms with Gasteiger partial charge in [-0.3, -0.25) is 9.59 Å². The highest BCUT2D eigenvalue weighted by atomic mass is 32.1. The minimum atomic E-state index is 0.0334. The summed E-state index contributed by atoms with van der Waals surface area (Å²) < 4.78 is 0. The van der Waals surface area contributed by atoms with Crippen LogP contribution in [0.1, 0.15) is 25.7 Å². The van der Waals surface area contributed by atoms with Gasteiger partial charge in [0.05, 0.1) is 31.1 Å². The maximum absolute atomic E-state index is 12.5. The number of hydrogen-bond donors (Lipinski definition) is 2. The van der Waals surface area contributed by atoms with Crippen LogP contribution in [0.2, 0.25) is 0 Å². The normalized spacial score (nSPS) is 15.1. The van der Waals surface area contributed by atoms with E-state index in [4.69, 9.17) is 0 Å². The van der Waals surface area contributed by atoms with Crippen molar-refractivity contribution in [1.82, 2.24) is 4.90 Å². The van der Waals surface area contributed by atoms with E-state index in [1.165, 1.54) is 4.90 Å². The van der Waals surface area contributed by atoms with Crippen molar-refractivity contribution in [2.45, 2.75) is 20.8 Å². The summed E-state index contributed by atoms with van der Waals surface area (Å²) in [5, 5.41) is 3.05. The Bertz CT molecular complexity index is 787. The Hall–Kier alpha value is -2.18. The van der Waals surface area contributed by atoms with E-state index in [0.29, 0.717) is 19.6 Å². The molecular weight excluding hydrogens is 346 g/mol. The summed E-state index contributed by atoms with van der Waals surface area (Å²) >= 11 is 1.54. The summed E-state index contributed by atoms with van der Waals surface area (Å²) in [7, 11) is 0. The molecule has 5 nitrogen and oxygen atoms in total. The third kappa shape index (κ3) is 4.31. The first-order valence-corrected chi connectivity index (χ1v) is 9.81. The van der Waals surface area contributed by atoms with Crippen molar-refractivity contribution < 1.29 is 14.5 Å². The molecule has 6 heteroatoms. The maximum Gasteiger partial charge on any atom is 0.279 e. The van der Waals surface area contributed by atoms with Gasteiger partial charge >= 0.3 is 0 Å². The lowest BCUT2D eigenvalue weighted by Crippen LogP contribution is -3.15. The molecule has 0 unspecified atom stereocenters. The fourth-order valence-corrected chi connectivity index (χ4v) is 4.17. The molecule has 1 aliphatic heterocycles. The van der Waals surface area contributed by atoms with Crippen LogP contribution in [-0.4, -0.2) is 49.4 Å². The van der Waals surface area contributed by atoms with E-state index in [2.05, 4.69) is 5.32 Å². The molecule has 0 bridgehead atoms. The van der Waals surface area contributed by atoms with Crippen molar-refractivity contribution in [3.05, 3.63) is 51.2 Å². The van der Waals surface area contributed by atoms with Crippen molar-refractivity contribution in [2.24, 2.45) is 0 Å². The van der Waals surface area contributed by atoms with Gasteiger partial charge in [-0.15, -0.1) is 11.3 Å². The van der Waals surface area contributed by atoms with E-state index in [-0.39, 0.29) is 11.8 Å². The largest absolute Gasteiger partial charge is 0.327 e. The number of nitrogens with zero attached hydrogens (tertiary/aromatic N) is 1. The molecule has 3 rings (SSSR count). The zero-order chi connectivity index (χ0) is 18.7. The van der Waals surface area contributed by atoms with Crippen molar-refractivity contribution in [2.75, 3.05) is 38.0 Å². The number of carbonyl (C=O) groups excluding carboxylic acids is 2. The van der Waals surface area contributed by atoms with Crippen molar-refractivity contribution in [3.63, 3.8) is 0 Å². The number of nitrogens with one attached hydrogen (secondary N) is 2. The first-order valence-electron chi connectivity index (χ1n) is 8.99. The molecule has 0 aliphatic carbocycles. The molecular formula is C20H26N3O2S+. The average Bonchev–Trinajstić information content (AvgIpc) is 3.05. The van der Waals surface area contributed by atoms with Crippen LogP contribution in [0.15, 0.2) is 30.3 Å². The number of para-hydroxylation sites is 1. The number of carbonyl (C=O) groups is 2. The Balaban J connectivity index is 1.51. The highest BCUT2D eigenvalue weighted by Gasteiger charge is 2.26. The van der Waals surface area contributed by atoms with E-state index in [9.17, 15) is 9.59 Å².